The average Bonchev–Trinajstić information content (AvgIpc) is 3.00. The monoisotopic (exact) mass is 609 g/mol. The zero-order valence-corrected chi connectivity index (χ0v) is 25.6. The molecule has 11 heteroatoms. The fraction of sp³-hybridized carbons (Fsp3) is 0.375. The number of likely N-dealkylation sites (N-methyl/N-ethyl adjacent to an activating group) is 1. The van der Waals surface area contributed by atoms with Crippen LogP contribution in [0.3, 0.4) is 0 Å². The summed E-state index contributed by atoms with van der Waals surface area (Å²) in [7, 11) is -2.09. The Labute approximate surface area is 253 Å². The number of benzene rings is 3. The van der Waals surface area contributed by atoms with Crippen molar-refractivity contribution in [1.82, 2.24) is 10.2 Å². The summed E-state index contributed by atoms with van der Waals surface area (Å²) in [4.78, 5) is 28.9. The molecule has 0 spiro atoms. The third-order valence-electron chi connectivity index (χ3n) is 7.08. The molecule has 0 bridgehead atoms. The van der Waals surface area contributed by atoms with Crippen LogP contribution in [0.1, 0.15) is 30.9 Å². The summed E-state index contributed by atoms with van der Waals surface area (Å²) in [5, 5.41) is 2.88. The normalized spacial score (nSPS) is 13.1. The van der Waals surface area contributed by atoms with Crippen LogP contribution >= 0.6 is 0 Å². The van der Waals surface area contributed by atoms with Gasteiger partial charge in [-0.15, -0.1) is 0 Å². The number of rotatable bonds is 14. The Bertz CT molecular complexity index is 1500. The molecule has 0 unspecified atom stereocenters. The first-order valence-electron chi connectivity index (χ1n) is 14.3. The highest BCUT2D eigenvalue weighted by Gasteiger charge is 2.30. The maximum Gasteiger partial charge on any atom is 0.243 e. The topological polar surface area (TPSA) is 114 Å². The van der Waals surface area contributed by atoms with Gasteiger partial charge in [-0.1, -0.05) is 42.5 Å². The van der Waals surface area contributed by atoms with Crippen molar-refractivity contribution < 1.29 is 32.2 Å². The number of carbonyl (C=O) groups excluding carboxylic acids is 2. The lowest BCUT2D eigenvalue weighted by Gasteiger charge is -2.32. The van der Waals surface area contributed by atoms with Gasteiger partial charge >= 0.3 is 0 Å². The van der Waals surface area contributed by atoms with Crippen LogP contribution in [0.2, 0.25) is 0 Å². The second-order valence-corrected chi connectivity index (χ2v) is 12.1. The minimum Gasteiger partial charge on any atom is -0.497 e. The number of sulfonamides is 1. The van der Waals surface area contributed by atoms with Gasteiger partial charge in [-0.2, -0.15) is 0 Å². The molecule has 3 aromatic carbocycles. The molecule has 4 rings (SSSR count). The van der Waals surface area contributed by atoms with Crippen LogP contribution in [-0.2, 0) is 32.6 Å². The molecule has 0 saturated carbocycles. The summed E-state index contributed by atoms with van der Waals surface area (Å²) >= 11 is 0. The van der Waals surface area contributed by atoms with E-state index >= 15 is 0 Å². The van der Waals surface area contributed by atoms with E-state index in [9.17, 15) is 18.0 Å². The third kappa shape index (κ3) is 8.63. The summed E-state index contributed by atoms with van der Waals surface area (Å²) in [6, 6.07) is 21.1. The van der Waals surface area contributed by atoms with Crippen molar-refractivity contribution in [1.29, 1.82) is 0 Å². The summed E-state index contributed by atoms with van der Waals surface area (Å²) < 4.78 is 43.4. The van der Waals surface area contributed by atoms with Crippen molar-refractivity contribution in [3.05, 3.63) is 83.9 Å². The zero-order chi connectivity index (χ0) is 30.8. The maximum absolute atomic E-state index is 13.9. The van der Waals surface area contributed by atoms with E-state index in [-0.39, 0.29) is 37.7 Å². The van der Waals surface area contributed by atoms with Crippen molar-refractivity contribution >= 4 is 27.5 Å². The van der Waals surface area contributed by atoms with E-state index in [1.807, 2.05) is 61.5 Å². The van der Waals surface area contributed by atoms with Crippen molar-refractivity contribution in [2.24, 2.45) is 0 Å². The predicted octanol–water partition coefficient (Wildman–Crippen LogP) is 3.79. The summed E-state index contributed by atoms with van der Waals surface area (Å²) in [5.41, 5.74) is 2.16. The van der Waals surface area contributed by atoms with Gasteiger partial charge in [0.05, 0.1) is 19.1 Å². The van der Waals surface area contributed by atoms with Gasteiger partial charge in [0.2, 0.25) is 21.8 Å². The Hall–Kier alpha value is -4.25. The Balaban J connectivity index is 1.57. The van der Waals surface area contributed by atoms with E-state index in [1.165, 1.54) is 4.31 Å². The first-order valence-corrected chi connectivity index (χ1v) is 16.2. The van der Waals surface area contributed by atoms with E-state index in [0.29, 0.717) is 49.1 Å². The number of methoxy groups -OCH3 is 1. The lowest BCUT2D eigenvalue weighted by molar-refractivity contribution is -0.141. The minimum absolute atomic E-state index is 0.0330. The number of carbonyl (C=O) groups is 2. The molecule has 0 saturated heterocycles. The summed E-state index contributed by atoms with van der Waals surface area (Å²) in [6.45, 7) is 3.32. The van der Waals surface area contributed by atoms with Crippen molar-refractivity contribution in [2.75, 3.05) is 44.0 Å². The second-order valence-electron chi connectivity index (χ2n) is 10.2. The van der Waals surface area contributed by atoms with E-state index in [0.717, 1.165) is 17.4 Å². The molecule has 1 atom stereocenters. The molecule has 0 radical (unpaired) electrons. The highest BCUT2D eigenvalue weighted by atomic mass is 32.2. The van der Waals surface area contributed by atoms with Gasteiger partial charge in [-0.3, -0.25) is 13.9 Å². The molecule has 0 aromatic heterocycles. The van der Waals surface area contributed by atoms with Crippen LogP contribution in [0, 0.1) is 0 Å². The number of fused-ring (bicyclic) bond motifs is 1. The molecule has 10 nitrogen and oxygen atoms in total. The van der Waals surface area contributed by atoms with Gasteiger partial charge in [-0.25, -0.2) is 8.42 Å². The molecule has 43 heavy (non-hydrogen) atoms. The average molecular weight is 610 g/mol. The number of hydrogen-bond donors (Lipinski definition) is 1. The van der Waals surface area contributed by atoms with Gasteiger partial charge < -0.3 is 24.4 Å². The van der Waals surface area contributed by atoms with Crippen LogP contribution in [0.4, 0.5) is 5.69 Å². The Morgan fingerprint density at radius 3 is 2.37 bits per heavy atom. The summed E-state index contributed by atoms with van der Waals surface area (Å²) in [5.74, 6) is 1.17. The van der Waals surface area contributed by atoms with Gasteiger partial charge in [-0.05, 0) is 48.7 Å². The number of nitrogens with one attached hydrogen (secondary N) is 1. The molecule has 3 aromatic rings. The number of nitrogens with zero attached hydrogens (tertiary/aromatic N) is 2. The van der Waals surface area contributed by atoms with E-state index < -0.39 is 16.1 Å². The quantitative estimate of drug-likeness (QED) is 0.296. The zero-order valence-electron chi connectivity index (χ0n) is 24.8. The summed E-state index contributed by atoms with van der Waals surface area (Å²) in [6.07, 6.45) is 1.73. The molecule has 1 N–H and O–H groups in total. The highest BCUT2D eigenvalue weighted by molar-refractivity contribution is 7.92. The molecular weight excluding hydrogens is 570 g/mol. The molecular formula is C32H39N3O7S. The number of hydrogen-bond acceptors (Lipinski definition) is 7. The first kappa shape index (κ1) is 31.7. The second kappa shape index (κ2) is 14.8. The van der Waals surface area contributed by atoms with Crippen LogP contribution < -0.4 is 23.8 Å². The molecule has 1 aliphatic rings. The molecule has 0 fully saturated rings. The predicted molar refractivity (Wildman–Crippen MR) is 165 cm³/mol. The molecule has 1 aliphatic heterocycles. The fourth-order valence-corrected chi connectivity index (χ4v) is 5.96. The smallest absolute Gasteiger partial charge is 0.243 e. The van der Waals surface area contributed by atoms with Crippen LogP contribution in [0.15, 0.2) is 72.8 Å². The van der Waals surface area contributed by atoms with Crippen LogP contribution in [0.25, 0.3) is 0 Å². The van der Waals surface area contributed by atoms with Crippen molar-refractivity contribution in [3.8, 4) is 17.2 Å². The van der Waals surface area contributed by atoms with Crippen LogP contribution in [0.5, 0.6) is 17.2 Å². The van der Waals surface area contributed by atoms with Crippen molar-refractivity contribution in [3.63, 3.8) is 0 Å². The molecule has 230 valence electrons. The Morgan fingerprint density at radius 1 is 0.953 bits per heavy atom. The number of amides is 2. The fourth-order valence-electron chi connectivity index (χ4n) is 5.00. The largest absolute Gasteiger partial charge is 0.497 e. The first-order chi connectivity index (χ1) is 20.7. The van der Waals surface area contributed by atoms with Crippen molar-refractivity contribution in [2.45, 2.75) is 38.8 Å². The van der Waals surface area contributed by atoms with E-state index in [2.05, 4.69) is 5.32 Å². The van der Waals surface area contributed by atoms with E-state index in [4.69, 9.17) is 14.2 Å². The number of ether oxygens (including phenoxy) is 3. The molecule has 2 amide bonds. The Kier molecular flexibility index (Phi) is 10.9. The Morgan fingerprint density at radius 2 is 1.67 bits per heavy atom. The van der Waals surface area contributed by atoms with Gasteiger partial charge in [0, 0.05) is 38.5 Å². The van der Waals surface area contributed by atoms with Gasteiger partial charge in [0.1, 0.15) is 25.0 Å². The van der Waals surface area contributed by atoms with E-state index in [1.54, 1.807) is 30.2 Å². The molecule has 0 aliphatic carbocycles. The van der Waals surface area contributed by atoms with Gasteiger partial charge in [0.25, 0.3) is 0 Å². The maximum atomic E-state index is 13.9. The highest BCUT2D eigenvalue weighted by Crippen LogP contribution is 2.35. The lowest BCUT2D eigenvalue weighted by atomic mass is 10.0. The lowest BCUT2D eigenvalue weighted by Crippen LogP contribution is -2.50. The van der Waals surface area contributed by atoms with Gasteiger partial charge in [0.15, 0.2) is 11.5 Å². The molecule has 1 heterocycles. The number of anilines is 1. The SMILES string of the molecule is CCNC(=O)[C@@H](Cc1ccccc1)N(Cc1cccc(OC)c1)C(=O)CCCN(c1ccc2c(c1)OCCO2)S(C)(=O)=O. The minimum atomic E-state index is -3.66. The standard InChI is InChI=1S/C32H39N3O7S/c1-4-33-32(37)28(21-24-10-6-5-7-11-24)34(23-25-12-8-13-27(20-25)40-2)31(36)14-9-17-35(43(3,38)39)26-15-16-29-30(22-26)42-19-18-41-29/h5-8,10-13,15-16,20,22,28H,4,9,14,17-19,21,23H2,1-3H3,(H,33,37)/t28-/m1/s1. The third-order valence-corrected chi connectivity index (χ3v) is 8.27. The van der Waals surface area contributed by atoms with Crippen LogP contribution in [-0.4, -0.2) is 70.8 Å².